The second-order valence-corrected chi connectivity index (χ2v) is 10.5. The van der Waals surface area contributed by atoms with Crippen LogP contribution >= 0.6 is 0 Å². The van der Waals surface area contributed by atoms with Crippen LogP contribution in [0.5, 0.6) is 0 Å². The monoisotopic (exact) mass is 528 g/mol. The van der Waals surface area contributed by atoms with Gasteiger partial charge in [-0.1, -0.05) is 76.4 Å². The maximum atomic E-state index is 11.8. The second kappa shape index (κ2) is 18.4. The molecule has 212 valence electrons. The number of aromatic amines is 2. The van der Waals surface area contributed by atoms with E-state index in [-0.39, 0.29) is 22.5 Å². The standard InChI is InChI=1S/C30H48N4O4/c1-25-23-33(29(37)31-27(25)35)21-19-17-15-13-11-9-7-5-3-4-6-8-10-12-14-16-18-20-22-34-24-26(2)28(36)32-30(34)38/h3-4,23-24H,5-22H2,1-2H3,(H,31,35,37)(H,32,36,38)/b4-3+. The van der Waals surface area contributed by atoms with Crippen LogP contribution in [0.3, 0.4) is 0 Å². The van der Waals surface area contributed by atoms with E-state index in [9.17, 15) is 19.2 Å². The molecule has 0 radical (unpaired) electrons. The third-order valence-electron chi connectivity index (χ3n) is 7.08. The van der Waals surface area contributed by atoms with E-state index in [2.05, 4.69) is 22.1 Å². The SMILES string of the molecule is Cc1cn(CCCCCCCCC/C=C/CCCCCCCCCn2cc(C)c(=O)[nH]c2=O)c(=O)[nH]c1=O. The van der Waals surface area contributed by atoms with Crippen molar-refractivity contribution in [3.8, 4) is 0 Å². The number of hydrogen-bond acceptors (Lipinski definition) is 4. The summed E-state index contributed by atoms with van der Waals surface area (Å²) in [4.78, 5) is 51.1. The van der Waals surface area contributed by atoms with Crippen molar-refractivity contribution < 1.29 is 0 Å². The quantitative estimate of drug-likeness (QED) is 0.175. The zero-order valence-electron chi connectivity index (χ0n) is 23.6. The lowest BCUT2D eigenvalue weighted by atomic mass is 10.1. The number of hydrogen-bond donors (Lipinski definition) is 2. The van der Waals surface area contributed by atoms with E-state index in [1.165, 1.54) is 77.0 Å². The van der Waals surface area contributed by atoms with Gasteiger partial charge in [-0.25, -0.2) is 9.59 Å². The van der Waals surface area contributed by atoms with Crippen molar-refractivity contribution in [2.45, 2.75) is 130 Å². The number of unbranched alkanes of at least 4 members (excludes halogenated alkanes) is 14. The number of aryl methyl sites for hydroxylation is 4. The molecule has 2 rings (SSSR count). The summed E-state index contributed by atoms with van der Waals surface area (Å²) in [5.74, 6) is 0. The van der Waals surface area contributed by atoms with Crippen molar-refractivity contribution in [3.63, 3.8) is 0 Å². The summed E-state index contributed by atoms with van der Waals surface area (Å²) in [7, 11) is 0. The van der Waals surface area contributed by atoms with Crippen LogP contribution in [-0.2, 0) is 13.1 Å². The van der Waals surface area contributed by atoms with E-state index in [1.54, 1.807) is 35.4 Å². The molecule has 2 N–H and O–H groups in total. The van der Waals surface area contributed by atoms with Crippen LogP contribution in [0.2, 0.25) is 0 Å². The molecule has 2 aromatic rings. The van der Waals surface area contributed by atoms with Gasteiger partial charge in [0.25, 0.3) is 11.1 Å². The first-order chi connectivity index (χ1) is 18.4. The molecule has 0 aromatic carbocycles. The molecular weight excluding hydrogens is 480 g/mol. The van der Waals surface area contributed by atoms with Gasteiger partial charge in [0.15, 0.2) is 0 Å². The fourth-order valence-electron chi connectivity index (χ4n) is 4.66. The minimum atomic E-state index is -0.309. The predicted molar refractivity (Wildman–Crippen MR) is 155 cm³/mol. The molecular formula is C30H48N4O4. The number of nitrogens with one attached hydrogen (secondary N) is 2. The van der Waals surface area contributed by atoms with Crippen molar-refractivity contribution >= 4 is 0 Å². The summed E-state index contributed by atoms with van der Waals surface area (Å²) >= 11 is 0. The highest BCUT2D eigenvalue weighted by Crippen LogP contribution is 2.11. The first-order valence-electron chi connectivity index (χ1n) is 14.6. The van der Waals surface area contributed by atoms with E-state index in [1.807, 2.05) is 0 Å². The Balaban J connectivity index is 1.33. The molecule has 8 heteroatoms. The second-order valence-electron chi connectivity index (χ2n) is 10.5. The van der Waals surface area contributed by atoms with E-state index in [0.717, 1.165) is 25.7 Å². The number of allylic oxidation sites excluding steroid dienone is 2. The summed E-state index contributed by atoms with van der Waals surface area (Å²) in [6, 6.07) is 0. The molecule has 0 aliphatic heterocycles. The van der Waals surface area contributed by atoms with Crippen LogP contribution < -0.4 is 22.5 Å². The molecule has 0 spiro atoms. The van der Waals surface area contributed by atoms with Crippen molar-refractivity contribution in [2.24, 2.45) is 0 Å². The minimum Gasteiger partial charge on any atom is -0.300 e. The Morgan fingerprint density at radius 2 is 0.842 bits per heavy atom. The maximum absolute atomic E-state index is 11.8. The first-order valence-corrected chi connectivity index (χ1v) is 14.6. The van der Waals surface area contributed by atoms with Gasteiger partial charge in [0.1, 0.15) is 0 Å². The Morgan fingerprint density at radius 3 is 1.21 bits per heavy atom. The van der Waals surface area contributed by atoms with E-state index in [4.69, 9.17) is 0 Å². The zero-order chi connectivity index (χ0) is 27.6. The highest BCUT2D eigenvalue weighted by atomic mass is 16.2. The summed E-state index contributed by atoms with van der Waals surface area (Å²) in [6.45, 7) is 4.79. The van der Waals surface area contributed by atoms with Gasteiger partial charge in [0.2, 0.25) is 0 Å². The summed E-state index contributed by atoms with van der Waals surface area (Å²) in [6.07, 6.45) is 27.0. The molecule has 0 saturated carbocycles. The van der Waals surface area contributed by atoms with E-state index >= 15 is 0 Å². The number of rotatable bonds is 20. The van der Waals surface area contributed by atoms with Crippen LogP contribution in [0.4, 0.5) is 0 Å². The smallest absolute Gasteiger partial charge is 0.300 e. The summed E-state index contributed by atoms with van der Waals surface area (Å²) in [5.41, 5.74) is -0.0429. The molecule has 0 aliphatic rings. The van der Waals surface area contributed by atoms with Crippen LogP contribution in [-0.4, -0.2) is 19.1 Å². The van der Waals surface area contributed by atoms with Gasteiger partial charge in [0, 0.05) is 36.6 Å². The highest BCUT2D eigenvalue weighted by Gasteiger charge is 2.02. The summed E-state index contributed by atoms with van der Waals surface area (Å²) in [5, 5.41) is 0. The Kier molecular flexibility index (Phi) is 15.1. The van der Waals surface area contributed by atoms with Crippen LogP contribution in [0, 0.1) is 13.8 Å². The van der Waals surface area contributed by atoms with Gasteiger partial charge in [-0.05, 0) is 52.4 Å². The Hall–Kier alpha value is -2.90. The lowest BCUT2D eigenvalue weighted by molar-refractivity contribution is 0.532. The maximum Gasteiger partial charge on any atom is 0.328 e. The van der Waals surface area contributed by atoms with Gasteiger partial charge < -0.3 is 9.13 Å². The van der Waals surface area contributed by atoms with Crippen molar-refractivity contribution in [2.75, 3.05) is 0 Å². The number of aromatic nitrogens is 4. The molecule has 2 heterocycles. The van der Waals surface area contributed by atoms with Crippen LogP contribution in [0.25, 0.3) is 0 Å². The fourth-order valence-corrected chi connectivity index (χ4v) is 4.66. The molecule has 2 aromatic heterocycles. The van der Waals surface area contributed by atoms with Crippen LogP contribution in [0.1, 0.15) is 114 Å². The van der Waals surface area contributed by atoms with Crippen molar-refractivity contribution in [3.05, 3.63) is 77.3 Å². The molecule has 0 amide bonds. The molecule has 8 nitrogen and oxygen atoms in total. The lowest BCUT2D eigenvalue weighted by Gasteiger charge is -2.06. The van der Waals surface area contributed by atoms with Gasteiger partial charge >= 0.3 is 11.4 Å². The third-order valence-corrected chi connectivity index (χ3v) is 7.08. The number of nitrogens with zero attached hydrogens (tertiary/aromatic N) is 2. The Morgan fingerprint density at radius 1 is 0.526 bits per heavy atom. The minimum absolute atomic E-state index is 0.294. The van der Waals surface area contributed by atoms with Gasteiger partial charge in [0.05, 0.1) is 0 Å². The molecule has 0 saturated heterocycles. The number of H-pyrrole nitrogens is 2. The fraction of sp³-hybridized carbons (Fsp3) is 0.667. The average Bonchev–Trinajstić information content (AvgIpc) is 2.88. The zero-order valence-corrected chi connectivity index (χ0v) is 23.6. The highest BCUT2D eigenvalue weighted by molar-refractivity contribution is 5.01. The van der Waals surface area contributed by atoms with Crippen LogP contribution in [0.15, 0.2) is 43.7 Å². The first kappa shape index (κ1) is 31.3. The predicted octanol–water partition coefficient (Wildman–Crippen LogP) is 5.50. The van der Waals surface area contributed by atoms with Gasteiger partial charge in [-0.2, -0.15) is 0 Å². The third kappa shape index (κ3) is 12.6. The van der Waals surface area contributed by atoms with Gasteiger partial charge in [-0.15, -0.1) is 0 Å². The molecule has 0 atom stereocenters. The van der Waals surface area contributed by atoms with E-state index < -0.39 is 0 Å². The molecule has 0 unspecified atom stereocenters. The Labute approximate surface area is 226 Å². The molecule has 0 fully saturated rings. The summed E-state index contributed by atoms with van der Waals surface area (Å²) < 4.78 is 3.21. The van der Waals surface area contributed by atoms with E-state index in [0.29, 0.717) is 24.2 Å². The lowest BCUT2D eigenvalue weighted by Crippen LogP contribution is -2.30. The molecule has 38 heavy (non-hydrogen) atoms. The van der Waals surface area contributed by atoms with Gasteiger partial charge in [-0.3, -0.25) is 19.6 Å². The topological polar surface area (TPSA) is 110 Å². The normalized spacial score (nSPS) is 11.5. The van der Waals surface area contributed by atoms with Crippen molar-refractivity contribution in [1.29, 1.82) is 0 Å². The molecule has 0 aliphatic carbocycles. The largest absolute Gasteiger partial charge is 0.328 e. The van der Waals surface area contributed by atoms with Crippen molar-refractivity contribution in [1.82, 2.24) is 19.1 Å². The average molecular weight is 529 g/mol. The Bertz CT molecular complexity index is 1110. The molecule has 0 bridgehead atoms.